The lowest BCUT2D eigenvalue weighted by atomic mass is 10.1. The molecule has 6 aromatic rings. The van der Waals surface area contributed by atoms with Crippen molar-refractivity contribution in [3.63, 3.8) is 0 Å². The summed E-state index contributed by atoms with van der Waals surface area (Å²) in [4.78, 5) is 10.1. The third-order valence-corrected chi connectivity index (χ3v) is 5.96. The third kappa shape index (κ3) is 2.98. The van der Waals surface area contributed by atoms with Crippen LogP contribution in [0.1, 0.15) is 5.56 Å². The Morgan fingerprint density at radius 2 is 1.77 bits per heavy atom. The Hall–Kier alpha value is -3.77. The zero-order chi connectivity index (χ0) is 19.9. The van der Waals surface area contributed by atoms with Gasteiger partial charge in [0.15, 0.2) is 11.5 Å². The quantitative estimate of drug-likeness (QED) is 0.373. The lowest BCUT2D eigenvalue weighted by Crippen LogP contribution is -1.95. The third-order valence-electron chi connectivity index (χ3n) is 5.14. The first-order valence-corrected chi connectivity index (χ1v) is 10.5. The van der Waals surface area contributed by atoms with E-state index in [-0.39, 0.29) is 0 Å². The number of rotatable bonds is 4. The summed E-state index contributed by atoms with van der Waals surface area (Å²) in [6, 6.07) is 24.7. The highest BCUT2D eigenvalue weighted by Gasteiger charge is 2.10. The second-order valence-corrected chi connectivity index (χ2v) is 7.98. The van der Waals surface area contributed by atoms with Crippen molar-refractivity contribution in [1.82, 2.24) is 19.6 Å². The van der Waals surface area contributed by atoms with Crippen molar-refractivity contribution in [2.24, 2.45) is 0 Å². The van der Waals surface area contributed by atoms with Crippen LogP contribution in [0.5, 0.6) is 5.75 Å². The van der Waals surface area contributed by atoms with Crippen LogP contribution in [0.3, 0.4) is 0 Å². The van der Waals surface area contributed by atoms with Crippen molar-refractivity contribution in [2.75, 3.05) is 0 Å². The van der Waals surface area contributed by atoms with Gasteiger partial charge < -0.3 is 4.74 Å². The largest absolute Gasteiger partial charge is 0.489 e. The molecule has 0 spiro atoms. The van der Waals surface area contributed by atoms with Crippen LogP contribution in [0.15, 0.2) is 84.5 Å². The Morgan fingerprint density at radius 3 is 2.67 bits per heavy atom. The van der Waals surface area contributed by atoms with Crippen LogP contribution in [-0.4, -0.2) is 19.6 Å². The van der Waals surface area contributed by atoms with Crippen LogP contribution in [0.2, 0.25) is 0 Å². The summed E-state index contributed by atoms with van der Waals surface area (Å²) >= 11 is 1.61. The molecule has 6 heteroatoms. The first-order chi connectivity index (χ1) is 14.8. The Morgan fingerprint density at radius 1 is 0.900 bits per heavy atom. The molecule has 0 aliphatic rings. The predicted octanol–water partition coefficient (Wildman–Crippen LogP) is 5.74. The van der Waals surface area contributed by atoms with E-state index in [4.69, 9.17) is 9.72 Å². The SMILES string of the molecule is c1ccc2cc(OCc3ccc(-c4nc5c6ccsc6ncn5n4)cc3)ccc2c1. The number of hydrogen-bond donors (Lipinski definition) is 0. The van der Waals surface area contributed by atoms with E-state index in [1.165, 1.54) is 10.8 Å². The number of ether oxygens (including phenoxy) is 1. The molecular formula is C24H16N4OS. The Kier molecular flexibility index (Phi) is 3.95. The molecule has 3 aromatic carbocycles. The lowest BCUT2D eigenvalue weighted by Gasteiger charge is -2.08. The second-order valence-electron chi connectivity index (χ2n) is 7.08. The summed E-state index contributed by atoms with van der Waals surface area (Å²) in [5, 5.41) is 10.0. The van der Waals surface area contributed by atoms with Crippen LogP contribution < -0.4 is 4.74 Å². The Balaban J connectivity index is 1.23. The van der Waals surface area contributed by atoms with Crippen LogP contribution in [0.4, 0.5) is 0 Å². The molecule has 3 heterocycles. The fourth-order valence-electron chi connectivity index (χ4n) is 3.56. The van der Waals surface area contributed by atoms with Crippen LogP contribution in [0, 0.1) is 0 Å². The van der Waals surface area contributed by atoms with E-state index in [1.807, 2.05) is 41.8 Å². The molecule has 0 saturated heterocycles. The number of hydrogen-bond acceptors (Lipinski definition) is 5. The molecule has 0 N–H and O–H groups in total. The highest BCUT2D eigenvalue weighted by atomic mass is 32.1. The van der Waals surface area contributed by atoms with E-state index in [1.54, 1.807) is 22.2 Å². The molecule has 0 bridgehead atoms. The second kappa shape index (κ2) is 6.93. The molecule has 30 heavy (non-hydrogen) atoms. The van der Waals surface area contributed by atoms with Gasteiger partial charge in [-0.15, -0.1) is 16.4 Å². The summed E-state index contributed by atoms with van der Waals surface area (Å²) < 4.78 is 7.73. The summed E-state index contributed by atoms with van der Waals surface area (Å²) in [5.74, 6) is 1.56. The van der Waals surface area contributed by atoms with Gasteiger partial charge in [-0.25, -0.2) is 14.5 Å². The fourth-order valence-corrected chi connectivity index (χ4v) is 4.29. The van der Waals surface area contributed by atoms with Crippen molar-refractivity contribution >= 4 is 38.0 Å². The van der Waals surface area contributed by atoms with Crippen molar-refractivity contribution in [3.05, 3.63) is 90.1 Å². The van der Waals surface area contributed by atoms with Gasteiger partial charge in [-0.3, -0.25) is 0 Å². The summed E-state index contributed by atoms with van der Waals surface area (Å²) in [6.45, 7) is 0.511. The smallest absolute Gasteiger partial charge is 0.182 e. The van der Waals surface area contributed by atoms with Crippen LogP contribution in [0.25, 0.3) is 38.0 Å². The Labute approximate surface area is 176 Å². The molecule has 0 atom stereocenters. The molecule has 5 nitrogen and oxygen atoms in total. The van der Waals surface area contributed by atoms with Crippen molar-refractivity contribution < 1.29 is 4.74 Å². The van der Waals surface area contributed by atoms with Gasteiger partial charge in [0.2, 0.25) is 0 Å². The van der Waals surface area contributed by atoms with E-state index in [0.29, 0.717) is 12.4 Å². The molecule has 3 aromatic heterocycles. The minimum atomic E-state index is 0.511. The number of nitrogens with zero attached hydrogens (tertiary/aromatic N) is 4. The van der Waals surface area contributed by atoms with Crippen molar-refractivity contribution in [3.8, 4) is 17.1 Å². The van der Waals surface area contributed by atoms with Crippen molar-refractivity contribution in [2.45, 2.75) is 6.61 Å². The molecule has 0 radical (unpaired) electrons. The molecule has 0 amide bonds. The van der Waals surface area contributed by atoms with Gasteiger partial charge in [0.25, 0.3) is 0 Å². The minimum Gasteiger partial charge on any atom is -0.489 e. The topological polar surface area (TPSA) is 52.3 Å². The van der Waals surface area contributed by atoms with E-state index in [2.05, 4.69) is 46.5 Å². The fraction of sp³-hybridized carbons (Fsp3) is 0.0417. The average Bonchev–Trinajstić information content (AvgIpc) is 3.44. The van der Waals surface area contributed by atoms with Crippen LogP contribution in [-0.2, 0) is 6.61 Å². The highest BCUT2D eigenvalue weighted by molar-refractivity contribution is 7.16. The molecular weight excluding hydrogens is 392 g/mol. The van der Waals surface area contributed by atoms with Gasteiger partial charge in [0.05, 0.1) is 5.39 Å². The van der Waals surface area contributed by atoms with E-state index >= 15 is 0 Å². The first-order valence-electron chi connectivity index (χ1n) is 9.63. The minimum absolute atomic E-state index is 0.511. The summed E-state index contributed by atoms with van der Waals surface area (Å²) in [5.41, 5.74) is 2.90. The molecule has 0 fully saturated rings. The normalized spacial score (nSPS) is 11.5. The number of aromatic nitrogens is 4. The van der Waals surface area contributed by atoms with Gasteiger partial charge in [-0.05, 0) is 39.9 Å². The summed E-state index contributed by atoms with van der Waals surface area (Å²) in [6.07, 6.45) is 1.72. The molecule has 0 saturated carbocycles. The number of thiophene rings is 1. The maximum absolute atomic E-state index is 5.99. The Bertz CT molecular complexity index is 1500. The van der Waals surface area contributed by atoms with Crippen LogP contribution >= 0.6 is 11.3 Å². The van der Waals surface area contributed by atoms with E-state index < -0.39 is 0 Å². The van der Waals surface area contributed by atoms with Gasteiger partial charge in [-0.1, -0.05) is 54.6 Å². The molecule has 6 rings (SSSR count). The van der Waals surface area contributed by atoms with E-state index in [9.17, 15) is 0 Å². The molecule has 0 aliphatic carbocycles. The molecule has 144 valence electrons. The van der Waals surface area contributed by atoms with E-state index in [0.717, 1.165) is 32.7 Å². The predicted molar refractivity (Wildman–Crippen MR) is 120 cm³/mol. The lowest BCUT2D eigenvalue weighted by molar-refractivity contribution is 0.306. The monoisotopic (exact) mass is 408 g/mol. The number of fused-ring (bicyclic) bond motifs is 4. The highest BCUT2D eigenvalue weighted by Crippen LogP contribution is 2.25. The van der Waals surface area contributed by atoms with Gasteiger partial charge in [0.1, 0.15) is 23.5 Å². The van der Waals surface area contributed by atoms with Gasteiger partial charge >= 0.3 is 0 Å². The number of benzene rings is 3. The molecule has 0 aliphatic heterocycles. The van der Waals surface area contributed by atoms with Gasteiger partial charge in [-0.2, -0.15) is 0 Å². The van der Waals surface area contributed by atoms with Crippen molar-refractivity contribution in [1.29, 1.82) is 0 Å². The average molecular weight is 408 g/mol. The zero-order valence-electron chi connectivity index (χ0n) is 15.9. The maximum atomic E-state index is 5.99. The zero-order valence-corrected chi connectivity index (χ0v) is 16.7. The summed E-state index contributed by atoms with van der Waals surface area (Å²) in [7, 11) is 0. The molecule has 0 unspecified atom stereocenters. The van der Waals surface area contributed by atoms with Gasteiger partial charge in [0, 0.05) is 5.56 Å². The first kappa shape index (κ1) is 17.1. The standard InChI is InChI=1S/C24H16N4OS/c1-2-4-19-13-20(10-9-17(19)3-1)29-14-16-5-7-18(8-6-16)22-26-23-21-11-12-30-24(21)25-15-28(23)27-22/h1-13,15H,14H2. The maximum Gasteiger partial charge on any atom is 0.182 e.